The quantitative estimate of drug-likeness (QED) is 0.896. The first-order valence-corrected chi connectivity index (χ1v) is 6.15. The van der Waals surface area contributed by atoms with Gasteiger partial charge in [0.05, 0.1) is 10.0 Å². The molecule has 1 aromatic carbocycles. The van der Waals surface area contributed by atoms with Gasteiger partial charge in [0.1, 0.15) is 5.75 Å². The van der Waals surface area contributed by atoms with E-state index >= 15 is 0 Å². The minimum Gasteiger partial charge on any atom is -0.484 e. The molecule has 0 bridgehead atoms. The Morgan fingerprint density at radius 3 is 2.71 bits per heavy atom. The molecule has 3 nitrogen and oxygen atoms in total. The topological polar surface area (TPSA) is 38.3 Å². The lowest BCUT2D eigenvalue weighted by Crippen LogP contribution is -2.35. The van der Waals surface area contributed by atoms with Gasteiger partial charge in [-0.25, -0.2) is 0 Å². The summed E-state index contributed by atoms with van der Waals surface area (Å²) in [5.74, 6) is 0.379. The second-order valence-corrected chi connectivity index (χ2v) is 4.56. The van der Waals surface area contributed by atoms with Crippen LogP contribution in [0.15, 0.2) is 18.2 Å². The van der Waals surface area contributed by atoms with Crippen LogP contribution < -0.4 is 10.1 Å². The van der Waals surface area contributed by atoms with Gasteiger partial charge in [0.25, 0.3) is 5.91 Å². The molecular weight excluding hydrogens is 261 g/mol. The Kier molecular flexibility index (Phi) is 5.59. The number of rotatable bonds is 5. The first-order valence-electron chi connectivity index (χ1n) is 5.40. The van der Waals surface area contributed by atoms with Crippen LogP contribution >= 0.6 is 23.2 Å². The number of amides is 1. The minimum atomic E-state index is -0.148. The average molecular weight is 276 g/mol. The molecule has 0 saturated heterocycles. The molecule has 1 amide bonds. The van der Waals surface area contributed by atoms with Crippen molar-refractivity contribution in [1.29, 1.82) is 0 Å². The van der Waals surface area contributed by atoms with Gasteiger partial charge in [0, 0.05) is 12.1 Å². The molecule has 94 valence electrons. The predicted molar refractivity (Wildman–Crippen MR) is 69.9 cm³/mol. The third-order valence-electron chi connectivity index (χ3n) is 2.28. The number of benzene rings is 1. The van der Waals surface area contributed by atoms with Crippen LogP contribution in [0.25, 0.3) is 0 Å². The third-order valence-corrected chi connectivity index (χ3v) is 3.02. The summed E-state index contributed by atoms with van der Waals surface area (Å²) in [6.07, 6.45) is 0.887. The number of hydrogen-bond donors (Lipinski definition) is 1. The Morgan fingerprint density at radius 2 is 2.12 bits per heavy atom. The van der Waals surface area contributed by atoms with E-state index in [9.17, 15) is 4.79 Å². The highest BCUT2D eigenvalue weighted by Gasteiger charge is 2.07. The van der Waals surface area contributed by atoms with Gasteiger partial charge in [-0.3, -0.25) is 4.79 Å². The minimum absolute atomic E-state index is 0.0255. The van der Waals surface area contributed by atoms with Crippen LogP contribution in [0.1, 0.15) is 20.3 Å². The van der Waals surface area contributed by atoms with Gasteiger partial charge >= 0.3 is 0 Å². The molecule has 17 heavy (non-hydrogen) atoms. The summed E-state index contributed by atoms with van der Waals surface area (Å²) in [5.41, 5.74) is 0. The number of hydrogen-bond acceptors (Lipinski definition) is 2. The van der Waals surface area contributed by atoms with E-state index in [1.165, 1.54) is 0 Å². The highest BCUT2D eigenvalue weighted by molar-refractivity contribution is 6.42. The zero-order valence-corrected chi connectivity index (χ0v) is 11.3. The molecule has 0 aromatic heterocycles. The van der Waals surface area contributed by atoms with Crippen molar-refractivity contribution in [2.45, 2.75) is 26.3 Å². The van der Waals surface area contributed by atoms with E-state index in [2.05, 4.69) is 5.32 Å². The SMILES string of the molecule is CC[C@H](C)NC(=O)COc1ccc(Cl)c(Cl)c1. The van der Waals surface area contributed by atoms with Crippen molar-refractivity contribution in [3.63, 3.8) is 0 Å². The smallest absolute Gasteiger partial charge is 0.258 e. The molecule has 0 heterocycles. The van der Waals surface area contributed by atoms with E-state index in [0.29, 0.717) is 15.8 Å². The van der Waals surface area contributed by atoms with E-state index in [-0.39, 0.29) is 18.6 Å². The molecule has 1 rings (SSSR count). The second-order valence-electron chi connectivity index (χ2n) is 3.74. The zero-order valence-electron chi connectivity index (χ0n) is 9.80. The molecule has 0 unspecified atom stereocenters. The van der Waals surface area contributed by atoms with E-state index in [1.807, 2.05) is 13.8 Å². The summed E-state index contributed by atoms with van der Waals surface area (Å²) in [4.78, 5) is 11.4. The average Bonchev–Trinajstić information content (AvgIpc) is 2.30. The Bertz CT molecular complexity index is 396. The Morgan fingerprint density at radius 1 is 1.41 bits per heavy atom. The summed E-state index contributed by atoms with van der Waals surface area (Å²) < 4.78 is 5.29. The lowest BCUT2D eigenvalue weighted by molar-refractivity contribution is -0.123. The fourth-order valence-electron chi connectivity index (χ4n) is 1.13. The van der Waals surface area contributed by atoms with Crippen molar-refractivity contribution in [2.75, 3.05) is 6.61 Å². The molecule has 0 aliphatic rings. The first kappa shape index (κ1) is 14.1. The molecule has 1 aromatic rings. The molecule has 0 aliphatic heterocycles. The number of nitrogens with one attached hydrogen (secondary N) is 1. The number of carbonyl (C=O) groups excluding carboxylic acids is 1. The summed E-state index contributed by atoms with van der Waals surface area (Å²) in [6, 6.07) is 5.04. The first-order chi connectivity index (χ1) is 8.02. The van der Waals surface area contributed by atoms with E-state index in [4.69, 9.17) is 27.9 Å². The van der Waals surface area contributed by atoms with Gasteiger partial charge in [0.2, 0.25) is 0 Å². The fraction of sp³-hybridized carbons (Fsp3) is 0.417. The maximum atomic E-state index is 11.4. The standard InChI is InChI=1S/C12H15Cl2NO2/c1-3-8(2)15-12(16)7-17-9-4-5-10(13)11(14)6-9/h4-6,8H,3,7H2,1-2H3,(H,15,16)/t8-/m0/s1. The Hall–Kier alpha value is -0.930. The Balaban J connectivity index is 2.45. The normalized spacial score (nSPS) is 12.0. The summed E-state index contributed by atoms with van der Waals surface area (Å²) in [5, 5.41) is 3.67. The van der Waals surface area contributed by atoms with Gasteiger partial charge in [-0.1, -0.05) is 30.1 Å². The third kappa shape index (κ3) is 4.84. The molecule has 1 atom stereocenters. The van der Waals surface area contributed by atoms with Crippen LogP contribution in [-0.4, -0.2) is 18.6 Å². The molecule has 1 N–H and O–H groups in total. The van der Waals surface area contributed by atoms with Crippen molar-refractivity contribution in [2.24, 2.45) is 0 Å². The van der Waals surface area contributed by atoms with E-state index in [1.54, 1.807) is 18.2 Å². The van der Waals surface area contributed by atoms with Crippen LogP contribution in [0.4, 0.5) is 0 Å². The largest absolute Gasteiger partial charge is 0.484 e. The fourth-order valence-corrected chi connectivity index (χ4v) is 1.42. The molecule has 0 fully saturated rings. The molecular formula is C12H15Cl2NO2. The van der Waals surface area contributed by atoms with E-state index < -0.39 is 0 Å². The number of halogens is 2. The molecule has 0 radical (unpaired) electrons. The summed E-state index contributed by atoms with van der Waals surface area (Å²) >= 11 is 11.6. The lowest BCUT2D eigenvalue weighted by atomic mass is 10.2. The maximum absolute atomic E-state index is 11.4. The van der Waals surface area contributed by atoms with Crippen molar-refractivity contribution in [3.05, 3.63) is 28.2 Å². The number of ether oxygens (including phenoxy) is 1. The van der Waals surface area contributed by atoms with Gasteiger partial charge < -0.3 is 10.1 Å². The lowest BCUT2D eigenvalue weighted by Gasteiger charge is -2.12. The second kappa shape index (κ2) is 6.72. The monoisotopic (exact) mass is 275 g/mol. The maximum Gasteiger partial charge on any atom is 0.258 e. The van der Waals surface area contributed by atoms with Crippen molar-refractivity contribution >= 4 is 29.1 Å². The highest BCUT2D eigenvalue weighted by Crippen LogP contribution is 2.26. The number of carbonyl (C=O) groups is 1. The van der Waals surface area contributed by atoms with Crippen LogP contribution in [-0.2, 0) is 4.79 Å². The van der Waals surface area contributed by atoms with Gasteiger partial charge in [-0.05, 0) is 25.5 Å². The summed E-state index contributed by atoms with van der Waals surface area (Å²) in [7, 11) is 0. The van der Waals surface area contributed by atoms with Crippen LogP contribution in [0.3, 0.4) is 0 Å². The van der Waals surface area contributed by atoms with Gasteiger partial charge in [-0.2, -0.15) is 0 Å². The Labute approximate surface area is 111 Å². The molecule has 0 aliphatic carbocycles. The molecule has 0 spiro atoms. The zero-order chi connectivity index (χ0) is 12.8. The van der Waals surface area contributed by atoms with Crippen molar-refractivity contribution in [3.8, 4) is 5.75 Å². The molecule has 5 heteroatoms. The highest BCUT2D eigenvalue weighted by atomic mass is 35.5. The molecule has 0 saturated carbocycles. The van der Waals surface area contributed by atoms with Crippen LogP contribution in [0, 0.1) is 0 Å². The van der Waals surface area contributed by atoms with Crippen LogP contribution in [0.2, 0.25) is 10.0 Å². The van der Waals surface area contributed by atoms with Crippen LogP contribution in [0.5, 0.6) is 5.75 Å². The van der Waals surface area contributed by atoms with E-state index in [0.717, 1.165) is 6.42 Å². The van der Waals surface area contributed by atoms with Crippen molar-refractivity contribution in [1.82, 2.24) is 5.32 Å². The van der Waals surface area contributed by atoms with Gasteiger partial charge in [-0.15, -0.1) is 0 Å². The predicted octanol–water partition coefficient (Wildman–Crippen LogP) is 3.29. The van der Waals surface area contributed by atoms with Gasteiger partial charge in [0.15, 0.2) is 6.61 Å². The van der Waals surface area contributed by atoms with Crippen molar-refractivity contribution < 1.29 is 9.53 Å². The summed E-state index contributed by atoms with van der Waals surface area (Å²) in [6.45, 7) is 3.92.